The quantitative estimate of drug-likeness (QED) is 0.266. The zero-order valence-electron chi connectivity index (χ0n) is 18.3. The minimum atomic E-state index is -3.42. The molecular formula is C22H25N3O7S. The summed E-state index contributed by atoms with van der Waals surface area (Å²) in [7, 11) is -3.42. The van der Waals surface area contributed by atoms with E-state index < -0.39 is 38.7 Å². The Kier molecular flexibility index (Phi) is 7.32. The standard InChI is InChI=1S/C22H25N3O7S/c1-15(21(26)16-7-9-18(10-8-16)23-33(2,30)31)32-22(27)17-11-13-24(14-12-17)19-5-3-4-6-20(19)25(28)29/h3-10,15,17,23H,11-14H2,1-2H3. The van der Waals surface area contributed by atoms with Crippen molar-refractivity contribution in [3.63, 3.8) is 0 Å². The third kappa shape index (κ3) is 6.28. The summed E-state index contributed by atoms with van der Waals surface area (Å²) in [6, 6.07) is 12.3. The maximum atomic E-state index is 12.6. The van der Waals surface area contributed by atoms with Crippen molar-refractivity contribution in [3.8, 4) is 0 Å². The number of Topliss-reactive ketones (excluding diaryl/α,β-unsaturated/α-hetero) is 1. The number of nitro groups is 1. The van der Waals surface area contributed by atoms with Crippen LogP contribution in [0.25, 0.3) is 0 Å². The molecule has 1 fully saturated rings. The second-order valence-corrected chi connectivity index (χ2v) is 9.65. The zero-order chi connectivity index (χ0) is 24.2. The van der Waals surface area contributed by atoms with E-state index in [-0.39, 0.29) is 5.69 Å². The predicted molar refractivity (Wildman–Crippen MR) is 123 cm³/mol. The lowest BCUT2D eigenvalue weighted by atomic mass is 9.96. The number of carbonyl (C=O) groups is 2. The number of nitro benzene ring substituents is 1. The molecule has 1 atom stereocenters. The number of rotatable bonds is 8. The fraction of sp³-hybridized carbons (Fsp3) is 0.364. The summed E-state index contributed by atoms with van der Waals surface area (Å²) in [4.78, 5) is 37.9. The van der Waals surface area contributed by atoms with Gasteiger partial charge in [-0.15, -0.1) is 0 Å². The van der Waals surface area contributed by atoms with Crippen molar-refractivity contribution in [2.75, 3.05) is 29.0 Å². The number of benzene rings is 2. The van der Waals surface area contributed by atoms with Crippen LogP contribution in [0.3, 0.4) is 0 Å². The maximum Gasteiger partial charge on any atom is 0.309 e. The fourth-order valence-corrected chi connectivity index (χ4v) is 4.28. The third-order valence-electron chi connectivity index (χ3n) is 5.38. The molecule has 2 aromatic rings. The number of piperidine rings is 1. The highest BCUT2D eigenvalue weighted by atomic mass is 32.2. The number of hydrogen-bond acceptors (Lipinski definition) is 8. The normalized spacial score (nSPS) is 15.5. The van der Waals surface area contributed by atoms with Gasteiger partial charge in [0.2, 0.25) is 15.8 Å². The van der Waals surface area contributed by atoms with Crippen LogP contribution in [-0.2, 0) is 19.6 Å². The molecule has 0 radical (unpaired) electrons. The van der Waals surface area contributed by atoms with E-state index in [0.717, 1.165) is 6.26 Å². The molecule has 1 heterocycles. The van der Waals surface area contributed by atoms with Crippen LogP contribution in [0, 0.1) is 16.0 Å². The molecule has 3 rings (SSSR count). The van der Waals surface area contributed by atoms with Crippen LogP contribution in [-0.4, -0.2) is 50.5 Å². The fourth-order valence-electron chi connectivity index (χ4n) is 3.72. The van der Waals surface area contributed by atoms with Crippen LogP contribution < -0.4 is 9.62 Å². The lowest BCUT2D eigenvalue weighted by molar-refractivity contribution is -0.384. The summed E-state index contributed by atoms with van der Waals surface area (Å²) in [6.45, 7) is 2.41. The van der Waals surface area contributed by atoms with Crippen molar-refractivity contribution in [2.45, 2.75) is 25.9 Å². The number of para-hydroxylation sites is 2. The molecule has 33 heavy (non-hydrogen) atoms. The van der Waals surface area contributed by atoms with Crippen LogP contribution in [0.5, 0.6) is 0 Å². The molecule has 176 valence electrons. The van der Waals surface area contributed by atoms with Gasteiger partial charge in [0, 0.05) is 30.4 Å². The summed E-state index contributed by atoms with van der Waals surface area (Å²) in [5.41, 5.74) is 1.16. The van der Waals surface area contributed by atoms with Gasteiger partial charge < -0.3 is 9.64 Å². The first-order chi connectivity index (χ1) is 15.5. The predicted octanol–water partition coefficient (Wildman–Crippen LogP) is 3.00. The average molecular weight is 476 g/mol. The minimum absolute atomic E-state index is 0.0236. The third-order valence-corrected chi connectivity index (χ3v) is 5.99. The maximum absolute atomic E-state index is 12.6. The number of hydrogen-bond donors (Lipinski definition) is 1. The van der Waals surface area contributed by atoms with E-state index in [9.17, 15) is 28.1 Å². The second-order valence-electron chi connectivity index (χ2n) is 7.90. The molecule has 0 aromatic heterocycles. The Morgan fingerprint density at radius 2 is 1.73 bits per heavy atom. The zero-order valence-corrected chi connectivity index (χ0v) is 19.1. The van der Waals surface area contributed by atoms with Gasteiger partial charge in [0.05, 0.1) is 17.1 Å². The Morgan fingerprint density at radius 1 is 1.12 bits per heavy atom. The van der Waals surface area contributed by atoms with Gasteiger partial charge in [0.1, 0.15) is 5.69 Å². The topological polar surface area (TPSA) is 136 Å². The number of carbonyl (C=O) groups excluding carboxylic acids is 2. The summed E-state index contributed by atoms with van der Waals surface area (Å²) in [5.74, 6) is -1.28. The monoisotopic (exact) mass is 475 g/mol. The van der Waals surface area contributed by atoms with E-state index >= 15 is 0 Å². The molecule has 1 unspecified atom stereocenters. The number of nitrogens with one attached hydrogen (secondary N) is 1. The van der Waals surface area contributed by atoms with Gasteiger partial charge in [0.25, 0.3) is 5.69 Å². The van der Waals surface area contributed by atoms with Crippen molar-refractivity contribution < 1.29 is 27.7 Å². The van der Waals surface area contributed by atoms with E-state index in [4.69, 9.17) is 4.74 Å². The molecule has 10 nitrogen and oxygen atoms in total. The Balaban J connectivity index is 1.55. The van der Waals surface area contributed by atoms with Crippen LogP contribution >= 0.6 is 0 Å². The lowest BCUT2D eigenvalue weighted by Crippen LogP contribution is -2.38. The van der Waals surface area contributed by atoms with E-state index in [2.05, 4.69) is 4.72 Å². The first-order valence-electron chi connectivity index (χ1n) is 10.4. The molecule has 1 aliphatic heterocycles. The molecule has 0 amide bonds. The summed E-state index contributed by atoms with van der Waals surface area (Å²) in [5, 5.41) is 11.3. The van der Waals surface area contributed by atoms with E-state index in [1.165, 1.54) is 37.3 Å². The largest absolute Gasteiger partial charge is 0.454 e. The number of nitrogens with zero attached hydrogens (tertiary/aromatic N) is 2. The highest BCUT2D eigenvalue weighted by molar-refractivity contribution is 7.92. The van der Waals surface area contributed by atoms with E-state index in [1.54, 1.807) is 18.2 Å². The molecule has 0 bridgehead atoms. The highest BCUT2D eigenvalue weighted by Crippen LogP contribution is 2.31. The van der Waals surface area contributed by atoms with Gasteiger partial charge in [0.15, 0.2) is 6.10 Å². The molecule has 1 saturated heterocycles. The minimum Gasteiger partial charge on any atom is -0.454 e. The summed E-state index contributed by atoms with van der Waals surface area (Å²) >= 11 is 0. The van der Waals surface area contributed by atoms with Crippen LogP contribution in [0.1, 0.15) is 30.1 Å². The van der Waals surface area contributed by atoms with Crippen molar-refractivity contribution in [1.82, 2.24) is 0 Å². The number of sulfonamides is 1. The Labute approximate surface area is 191 Å². The Bertz CT molecular complexity index is 1140. The molecule has 0 aliphatic carbocycles. The van der Waals surface area contributed by atoms with Gasteiger partial charge in [-0.3, -0.25) is 24.4 Å². The van der Waals surface area contributed by atoms with E-state index in [1.807, 2.05) is 4.90 Å². The molecule has 1 aliphatic rings. The number of esters is 1. The average Bonchev–Trinajstić information content (AvgIpc) is 2.78. The first kappa shape index (κ1) is 24.2. The molecule has 0 spiro atoms. The second kappa shape index (κ2) is 9.99. The van der Waals surface area contributed by atoms with Crippen molar-refractivity contribution >= 4 is 38.8 Å². The Hall–Kier alpha value is -3.47. The summed E-state index contributed by atoms with van der Waals surface area (Å²) in [6.07, 6.45) is 0.938. The smallest absolute Gasteiger partial charge is 0.309 e. The molecule has 0 saturated carbocycles. The molecular weight excluding hydrogens is 450 g/mol. The van der Waals surface area contributed by atoms with Crippen LogP contribution in [0.15, 0.2) is 48.5 Å². The Morgan fingerprint density at radius 3 is 2.30 bits per heavy atom. The number of ketones is 1. The molecule has 11 heteroatoms. The number of anilines is 2. The molecule has 1 N–H and O–H groups in total. The van der Waals surface area contributed by atoms with Gasteiger partial charge in [-0.05, 0) is 50.1 Å². The van der Waals surface area contributed by atoms with Crippen LogP contribution in [0.2, 0.25) is 0 Å². The van der Waals surface area contributed by atoms with Crippen molar-refractivity contribution in [1.29, 1.82) is 0 Å². The van der Waals surface area contributed by atoms with Crippen molar-refractivity contribution in [2.24, 2.45) is 5.92 Å². The first-order valence-corrected chi connectivity index (χ1v) is 12.2. The van der Waals surface area contributed by atoms with Gasteiger partial charge >= 0.3 is 5.97 Å². The number of ether oxygens (including phenoxy) is 1. The molecule has 2 aromatic carbocycles. The van der Waals surface area contributed by atoms with Crippen molar-refractivity contribution in [3.05, 3.63) is 64.2 Å². The van der Waals surface area contributed by atoms with E-state index in [0.29, 0.717) is 42.9 Å². The SMILES string of the molecule is CC(OC(=O)C1CCN(c2ccccc2[N+](=O)[O-])CC1)C(=O)c1ccc(NS(C)(=O)=O)cc1. The van der Waals surface area contributed by atoms with Crippen LogP contribution in [0.4, 0.5) is 17.1 Å². The lowest BCUT2D eigenvalue weighted by Gasteiger charge is -2.32. The van der Waals surface area contributed by atoms with Gasteiger partial charge in [-0.2, -0.15) is 0 Å². The summed E-state index contributed by atoms with van der Waals surface area (Å²) < 4.78 is 30.3. The van der Waals surface area contributed by atoms with Gasteiger partial charge in [-0.1, -0.05) is 12.1 Å². The highest BCUT2D eigenvalue weighted by Gasteiger charge is 2.31. The van der Waals surface area contributed by atoms with Gasteiger partial charge in [-0.25, -0.2) is 8.42 Å².